The Hall–Kier alpha value is -3.03. The molecule has 0 aliphatic carbocycles. The van der Waals surface area contributed by atoms with Gasteiger partial charge in [-0.25, -0.2) is 4.39 Å². The molecule has 1 aliphatic rings. The Morgan fingerprint density at radius 1 is 1.06 bits per heavy atom. The highest BCUT2D eigenvalue weighted by Gasteiger charge is 2.42. The van der Waals surface area contributed by atoms with E-state index in [0.29, 0.717) is 15.3 Å². The molecule has 1 fully saturated rings. The molecule has 3 heterocycles. The fraction of sp³-hybridized carbons (Fsp3) is 0.120. The summed E-state index contributed by atoms with van der Waals surface area (Å²) < 4.78 is 20.5. The standard InChI is InChI=1S/C25H19BrFN3OS/c1-15-5-8-17(9-6-15)30-24(23(29-25(30)32)20-4-2-3-13-28-20)22-12-11-21(31-22)18-10-7-16(27)14-19(18)26/h2-14,23-24H,1H3,(H,29,32)/t23-,24+/m0/s1. The third-order valence-corrected chi connectivity index (χ3v) is 6.50. The number of hydrogen-bond donors (Lipinski definition) is 1. The summed E-state index contributed by atoms with van der Waals surface area (Å²) in [6.45, 7) is 2.05. The average molecular weight is 508 g/mol. The van der Waals surface area contributed by atoms with Crippen LogP contribution in [0.4, 0.5) is 10.1 Å². The maximum Gasteiger partial charge on any atom is 0.174 e. The Labute approximate surface area is 199 Å². The smallest absolute Gasteiger partial charge is 0.174 e. The van der Waals surface area contributed by atoms with Gasteiger partial charge in [0.1, 0.15) is 23.4 Å². The van der Waals surface area contributed by atoms with E-state index in [2.05, 4.69) is 62.3 Å². The van der Waals surface area contributed by atoms with Crippen LogP contribution in [0.5, 0.6) is 0 Å². The number of nitrogens with one attached hydrogen (secondary N) is 1. The number of thiocarbonyl (C=S) groups is 1. The first kappa shape index (κ1) is 20.8. The summed E-state index contributed by atoms with van der Waals surface area (Å²) in [5.41, 5.74) is 3.79. The van der Waals surface area contributed by atoms with Crippen LogP contribution in [0.1, 0.15) is 29.1 Å². The number of hydrogen-bond acceptors (Lipinski definition) is 3. The summed E-state index contributed by atoms with van der Waals surface area (Å²) in [4.78, 5) is 6.63. The molecule has 2 aromatic heterocycles. The molecule has 0 saturated carbocycles. The van der Waals surface area contributed by atoms with Crippen LogP contribution in [0.15, 0.2) is 87.9 Å². The fourth-order valence-electron chi connectivity index (χ4n) is 3.97. The Morgan fingerprint density at radius 2 is 1.88 bits per heavy atom. The van der Waals surface area contributed by atoms with Gasteiger partial charge in [0.15, 0.2) is 5.11 Å². The normalized spacial score (nSPS) is 18.1. The predicted molar refractivity (Wildman–Crippen MR) is 131 cm³/mol. The number of halogens is 2. The Kier molecular flexibility index (Phi) is 5.53. The molecule has 1 N–H and O–H groups in total. The van der Waals surface area contributed by atoms with Crippen LogP contribution in [0.25, 0.3) is 11.3 Å². The molecule has 0 unspecified atom stereocenters. The van der Waals surface area contributed by atoms with Crippen molar-refractivity contribution in [1.82, 2.24) is 10.3 Å². The van der Waals surface area contributed by atoms with Crippen LogP contribution in [0, 0.1) is 12.7 Å². The van der Waals surface area contributed by atoms with Gasteiger partial charge in [0.05, 0.1) is 11.7 Å². The molecule has 0 amide bonds. The minimum Gasteiger partial charge on any atom is -0.459 e. The molecule has 2 aromatic carbocycles. The number of pyridine rings is 1. The van der Waals surface area contributed by atoms with Gasteiger partial charge in [-0.05, 0) is 89.7 Å². The van der Waals surface area contributed by atoms with Gasteiger partial charge in [-0.15, -0.1) is 0 Å². The van der Waals surface area contributed by atoms with E-state index in [1.807, 2.05) is 30.3 Å². The van der Waals surface area contributed by atoms with Crippen molar-refractivity contribution in [1.29, 1.82) is 0 Å². The molecule has 32 heavy (non-hydrogen) atoms. The highest BCUT2D eigenvalue weighted by atomic mass is 79.9. The van der Waals surface area contributed by atoms with Crippen molar-refractivity contribution in [2.75, 3.05) is 4.90 Å². The summed E-state index contributed by atoms with van der Waals surface area (Å²) in [5, 5.41) is 4.03. The van der Waals surface area contributed by atoms with E-state index in [-0.39, 0.29) is 17.9 Å². The van der Waals surface area contributed by atoms with Gasteiger partial charge in [0.25, 0.3) is 0 Å². The van der Waals surface area contributed by atoms with E-state index in [1.165, 1.54) is 17.7 Å². The monoisotopic (exact) mass is 507 g/mol. The highest BCUT2D eigenvalue weighted by Crippen LogP contribution is 2.43. The highest BCUT2D eigenvalue weighted by molar-refractivity contribution is 9.10. The van der Waals surface area contributed by atoms with Crippen LogP contribution in [-0.4, -0.2) is 10.1 Å². The molecule has 7 heteroatoms. The van der Waals surface area contributed by atoms with Crippen molar-refractivity contribution in [2.24, 2.45) is 0 Å². The molecule has 0 bridgehead atoms. The number of aryl methyl sites for hydroxylation is 1. The number of nitrogens with zero attached hydrogens (tertiary/aromatic N) is 2. The van der Waals surface area contributed by atoms with Gasteiger partial charge in [-0.1, -0.05) is 23.8 Å². The zero-order valence-electron chi connectivity index (χ0n) is 17.1. The third kappa shape index (κ3) is 3.82. The molecule has 2 atom stereocenters. The average Bonchev–Trinajstić information content (AvgIpc) is 3.39. The van der Waals surface area contributed by atoms with Crippen LogP contribution >= 0.6 is 28.1 Å². The number of rotatable bonds is 4. The quantitative estimate of drug-likeness (QED) is 0.310. The second kappa shape index (κ2) is 8.48. The Balaban J connectivity index is 1.60. The first-order valence-electron chi connectivity index (χ1n) is 10.1. The maximum absolute atomic E-state index is 13.6. The van der Waals surface area contributed by atoms with E-state index >= 15 is 0 Å². The third-order valence-electron chi connectivity index (χ3n) is 5.53. The summed E-state index contributed by atoms with van der Waals surface area (Å²) in [6, 6.07) is 22.0. The fourth-order valence-corrected chi connectivity index (χ4v) is 4.87. The van der Waals surface area contributed by atoms with Crippen molar-refractivity contribution in [3.63, 3.8) is 0 Å². The van der Waals surface area contributed by atoms with Crippen LogP contribution in [0.3, 0.4) is 0 Å². The maximum atomic E-state index is 13.6. The summed E-state index contributed by atoms with van der Waals surface area (Å²) in [7, 11) is 0. The first-order chi connectivity index (χ1) is 15.5. The number of aromatic nitrogens is 1. The van der Waals surface area contributed by atoms with E-state index in [9.17, 15) is 4.39 Å². The minimum absolute atomic E-state index is 0.194. The first-order valence-corrected chi connectivity index (χ1v) is 11.3. The van der Waals surface area contributed by atoms with Crippen molar-refractivity contribution in [2.45, 2.75) is 19.0 Å². The largest absolute Gasteiger partial charge is 0.459 e. The lowest BCUT2D eigenvalue weighted by atomic mass is 10.0. The van der Waals surface area contributed by atoms with Gasteiger partial charge in [0, 0.05) is 21.9 Å². The summed E-state index contributed by atoms with van der Waals surface area (Å²) >= 11 is 9.18. The van der Waals surface area contributed by atoms with Crippen LogP contribution < -0.4 is 10.2 Å². The molecule has 1 saturated heterocycles. The second-order valence-electron chi connectivity index (χ2n) is 7.66. The van der Waals surface area contributed by atoms with Crippen molar-refractivity contribution in [3.8, 4) is 11.3 Å². The molecular formula is C25H19BrFN3OS. The molecule has 0 spiro atoms. The Morgan fingerprint density at radius 3 is 2.59 bits per heavy atom. The minimum atomic E-state index is -0.307. The predicted octanol–water partition coefficient (Wildman–Crippen LogP) is 6.73. The van der Waals surface area contributed by atoms with E-state index in [4.69, 9.17) is 16.6 Å². The van der Waals surface area contributed by atoms with Gasteiger partial charge in [-0.2, -0.15) is 0 Å². The summed E-state index contributed by atoms with van der Waals surface area (Å²) in [5.74, 6) is 1.08. The molecule has 5 rings (SSSR count). The lowest BCUT2D eigenvalue weighted by Crippen LogP contribution is -2.29. The number of anilines is 1. The topological polar surface area (TPSA) is 41.3 Å². The molecular weight excluding hydrogens is 489 g/mol. The van der Waals surface area contributed by atoms with Gasteiger partial charge in [-0.3, -0.25) is 4.98 Å². The Bertz CT molecular complexity index is 1280. The van der Waals surface area contributed by atoms with Crippen molar-refractivity contribution in [3.05, 3.63) is 106 Å². The number of benzene rings is 2. The van der Waals surface area contributed by atoms with Crippen molar-refractivity contribution >= 4 is 38.9 Å². The molecule has 160 valence electrons. The second-order valence-corrected chi connectivity index (χ2v) is 8.90. The zero-order chi connectivity index (χ0) is 22.2. The van der Waals surface area contributed by atoms with Gasteiger partial charge < -0.3 is 14.6 Å². The van der Waals surface area contributed by atoms with E-state index in [1.54, 1.807) is 12.3 Å². The van der Waals surface area contributed by atoms with E-state index < -0.39 is 0 Å². The molecule has 0 radical (unpaired) electrons. The molecule has 4 aromatic rings. The zero-order valence-corrected chi connectivity index (χ0v) is 19.5. The molecule has 4 nitrogen and oxygen atoms in total. The number of furan rings is 1. The van der Waals surface area contributed by atoms with Crippen molar-refractivity contribution < 1.29 is 8.81 Å². The van der Waals surface area contributed by atoms with Crippen LogP contribution in [-0.2, 0) is 0 Å². The summed E-state index contributed by atoms with van der Waals surface area (Å²) in [6.07, 6.45) is 1.77. The SMILES string of the molecule is Cc1ccc(N2C(=S)N[C@@H](c3ccccn3)[C@H]2c2ccc(-c3ccc(F)cc3Br)o2)cc1. The van der Waals surface area contributed by atoms with Gasteiger partial charge >= 0.3 is 0 Å². The van der Waals surface area contributed by atoms with Crippen LogP contribution in [0.2, 0.25) is 0 Å². The van der Waals surface area contributed by atoms with E-state index in [0.717, 1.165) is 22.7 Å². The lowest BCUT2D eigenvalue weighted by molar-refractivity contribution is 0.439. The molecule has 1 aliphatic heterocycles. The van der Waals surface area contributed by atoms with Gasteiger partial charge in [0.2, 0.25) is 0 Å². The lowest BCUT2D eigenvalue weighted by Gasteiger charge is -2.26.